The fourth-order valence-corrected chi connectivity index (χ4v) is 3.77. The molecule has 2 N–H and O–H groups in total. The molecule has 32 heavy (non-hydrogen) atoms. The van der Waals surface area contributed by atoms with Crippen molar-refractivity contribution in [3.8, 4) is 0 Å². The quantitative estimate of drug-likeness (QED) is 0.331. The predicted molar refractivity (Wildman–Crippen MR) is 132 cm³/mol. The van der Waals surface area contributed by atoms with Gasteiger partial charge in [-0.15, -0.1) is 0 Å². The Morgan fingerprint density at radius 3 is 2.31 bits per heavy atom. The Morgan fingerprint density at radius 2 is 1.59 bits per heavy atom. The van der Waals surface area contributed by atoms with Gasteiger partial charge < -0.3 is 10.6 Å². The molecule has 8 heteroatoms. The highest BCUT2D eigenvalue weighted by molar-refractivity contribution is 14.1. The van der Waals surface area contributed by atoms with Gasteiger partial charge in [-0.05, 0) is 70.6 Å². The van der Waals surface area contributed by atoms with Gasteiger partial charge in [-0.2, -0.15) is 0 Å². The normalized spacial score (nSPS) is 13.5. The molecule has 0 saturated carbocycles. The summed E-state index contributed by atoms with van der Waals surface area (Å²) in [6, 6.07) is 23.2. The number of rotatable bonds is 6. The summed E-state index contributed by atoms with van der Waals surface area (Å²) in [5, 5.41) is 5.55. The molecule has 0 fully saturated rings. The van der Waals surface area contributed by atoms with Gasteiger partial charge in [-0.3, -0.25) is 19.3 Å². The van der Waals surface area contributed by atoms with Crippen LogP contribution in [-0.2, 0) is 16.1 Å². The molecule has 1 aliphatic rings. The van der Waals surface area contributed by atoms with Crippen LogP contribution in [0.3, 0.4) is 0 Å². The first kappa shape index (κ1) is 22.0. The molecule has 0 saturated heterocycles. The summed E-state index contributed by atoms with van der Waals surface area (Å²) < 4.78 is 1.06. The highest BCUT2D eigenvalue weighted by atomic mass is 127. The number of nitrogens with one attached hydrogen (secondary N) is 2. The number of halogens is 2. The number of benzene rings is 3. The van der Waals surface area contributed by atoms with Gasteiger partial charge in [0.05, 0.1) is 6.54 Å². The minimum atomic E-state index is -0.560. The van der Waals surface area contributed by atoms with Gasteiger partial charge in [0, 0.05) is 20.5 Å². The van der Waals surface area contributed by atoms with E-state index in [1.807, 2.05) is 54.6 Å². The number of carbonyl (C=O) groups is 3. The summed E-state index contributed by atoms with van der Waals surface area (Å²) >= 11 is 8.37. The van der Waals surface area contributed by atoms with Crippen molar-refractivity contribution >= 4 is 63.3 Å². The van der Waals surface area contributed by atoms with Crippen molar-refractivity contribution < 1.29 is 14.4 Å². The molecular weight excluding hydrogens is 541 g/mol. The second-order valence-electron chi connectivity index (χ2n) is 7.04. The average molecular weight is 558 g/mol. The Bertz CT molecular complexity index is 1230. The van der Waals surface area contributed by atoms with Crippen LogP contribution in [0.25, 0.3) is 0 Å². The monoisotopic (exact) mass is 557 g/mol. The van der Waals surface area contributed by atoms with Gasteiger partial charge in [0.1, 0.15) is 10.7 Å². The summed E-state index contributed by atoms with van der Waals surface area (Å²) in [4.78, 5) is 39.1. The van der Waals surface area contributed by atoms with Crippen LogP contribution in [0.2, 0.25) is 0 Å². The number of amides is 3. The van der Waals surface area contributed by atoms with E-state index in [9.17, 15) is 14.4 Å². The fraction of sp³-hybridized carbons (Fsp3) is 0.0417. The third kappa shape index (κ3) is 4.84. The number of hydrogen-bond acceptors (Lipinski definition) is 4. The molecule has 3 aromatic carbocycles. The second-order valence-corrected chi connectivity index (χ2v) is 8.66. The molecule has 1 aliphatic heterocycles. The highest BCUT2D eigenvalue weighted by Gasteiger charge is 2.37. The first-order chi connectivity index (χ1) is 15.4. The maximum absolute atomic E-state index is 12.8. The Labute approximate surface area is 203 Å². The minimum absolute atomic E-state index is 0.0113. The van der Waals surface area contributed by atoms with Crippen LogP contribution in [0.5, 0.6) is 0 Å². The average Bonchev–Trinajstić information content (AvgIpc) is 3.00. The SMILES string of the molecule is O=C(Nc1ccc(I)cc1)c1cccc(NC2=C(Cl)C(=O)N(Cc3ccccc3)C2=O)c1. The Morgan fingerprint density at radius 1 is 0.875 bits per heavy atom. The summed E-state index contributed by atoms with van der Waals surface area (Å²) in [5.41, 5.74) is 2.34. The van der Waals surface area contributed by atoms with E-state index in [1.165, 1.54) is 0 Å². The molecule has 0 unspecified atom stereocenters. The summed E-state index contributed by atoms with van der Waals surface area (Å²) in [6.45, 7) is 0.123. The minimum Gasteiger partial charge on any atom is -0.350 e. The van der Waals surface area contributed by atoms with Crippen molar-refractivity contribution in [2.45, 2.75) is 6.54 Å². The van der Waals surface area contributed by atoms with Crippen LogP contribution in [0, 0.1) is 3.57 Å². The molecule has 3 aromatic rings. The molecule has 0 aromatic heterocycles. The van der Waals surface area contributed by atoms with Gasteiger partial charge in [-0.25, -0.2) is 0 Å². The lowest BCUT2D eigenvalue weighted by atomic mass is 10.1. The van der Waals surface area contributed by atoms with E-state index in [-0.39, 0.29) is 23.2 Å². The largest absolute Gasteiger partial charge is 0.350 e. The molecule has 0 bridgehead atoms. The zero-order valence-corrected chi connectivity index (χ0v) is 19.6. The lowest BCUT2D eigenvalue weighted by Gasteiger charge is -2.15. The molecule has 0 radical (unpaired) electrons. The predicted octanol–water partition coefficient (Wildman–Crippen LogP) is 4.97. The number of nitrogens with zero attached hydrogens (tertiary/aromatic N) is 1. The van der Waals surface area contributed by atoms with Crippen molar-refractivity contribution in [1.29, 1.82) is 0 Å². The molecule has 6 nitrogen and oxygen atoms in total. The lowest BCUT2D eigenvalue weighted by Crippen LogP contribution is -2.31. The fourth-order valence-electron chi connectivity index (χ4n) is 3.18. The van der Waals surface area contributed by atoms with Crippen LogP contribution in [0.15, 0.2) is 89.6 Å². The maximum Gasteiger partial charge on any atom is 0.279 e. The molecule has 1 heterocycles. The van der Waals surface area contributed by atoms with Crippen molar-refractivity contribution in [1.82, 2.24) is 4.90 Å². The van der Waals surface area contributed by atoms with E-state index in [0.29, 0.717) is 16.9 Å². The maximum atomic E-state index is 12.8. The van der Waals surface area contributed by atoms with E-state index in [2.05, 4.69) is 33.2 Å². The van der Waals surface area contributed by atoms with Crippen LogP contribution >= 0.6 is 34.2 Å². The molecule has 0 aliphatic carbocycles. The van der Waals surface area contributed by atoms with Gasteiger partial charge >= 0.3 is 0 Å². The standard InChI is InChI=1S/C24H17ClIN3O3/c25-20-21(24(32)29(23(20)31)14-15-5-2-1-3-6-15)27-19-8-4-7-16(13-19)22(30)28-18-11-9-17(26)10-12-18/h1-13,27H,14H2,(H,28,30). The van der Waals surface area contributed by atoms with Crippen LogP contribution in [-0.4, -0.2) is 22.6 Å². The first-order valence-corrected chi connectivity index (χ1v) is 11.1. The van der Waals surface area contributed by atoms with E-state index in [0.717, 1.165) is 14.0 Å². The van der Waals surface area contributed by atoms with Crippen molar-refractivity contribution in [3.05, 3.63) is 104 Å². The molecular formula is C24H17ClIN3O3. The summed E-state index contributed by atoms with van der Waals surface area (Å²) in [5.74, 6) is -1.37. The van der Waals surface area contributed by atoms with Crippen molar-refractivity contribution in [2.75, 3.05) is 10.6 Å². The molecule has 160 valence electrons. The van der Waals surface area contributed by atoms with E-state index < -0.39 is 11.8 Å². The zero-order chi connectivity index (χ0) is 22.7. The first-order valence-electron chi connectivity index (χ1n) is 9.66. The molecule has 0 atom stereocenters. The third-order valence-electron chi connectivity index (χ3n) is 4.79. The summed E-state index contributed by atoms with van der Waals surface area (Å²) in [6.07, 6.45) is 0. The Balaban J connectivity index is 1.49. The van der Waals surface area contributed by atoms with Gasteiger partial charge in [0.2, 0.25) is 0 Å². The number of imide groups is 1. The number of anilines is 2. The van der Waals surface area contributed by atoms with Crippen molar-refractivity contribution in [2.24, 2.45) is 0 Å². The Kier molecular flexibility index (Phi) is 6.57. The molecule has 4 rings (SSSR count). The smallest absolute Gasteiger partial charge is 0.279 e. The molecule has 0 spiro atoms. The van der Waals surface area contributed by atoms with Gasteiger partial charge in [0.15, 0.2) is 0 Å². The number of carbonyl (C=O) groups excluding carboxylic acids is 3. The number of hydrogen-bond donors (Lipinski definition) is 2. The van der Waals surface area contributed by atoms with E-state index >= 15 is 0 Å². The highest BCUT2D eigenvalue weighted by Crippen LogP contribution is 2.27. The lowest BCUT2D eigenvalue weighted by molar-refractivity contribution is -0.138. The zero-order valence-electron chi connectivity index (χ0n) is 16.6. The van der Waals surface area contributed by atoms with E-state index in [4.69, 9.17) is 11.6 Å². The van der Waals surface area contributed by atoms with Crippen molar-refractivity contribution in [3.63, 3.8) is 0 Å². The Hall–Kier alpha value is -3.17. The van der Waals surface area contributed by atoms with E-state index in [1.54, 1.807) is 24.3 Å². The second kappa shape index (κ2) is 9.54. The van der Waals surface area contributed by atoms with Crippen LogP contribution < -0.4 is 10.6 Å². The third-order valence-corrected chi connectivity index (χ3v) is 5.86. The van der Waals surface area contributed by atoms with Gasteiger partial charge in [-0.1, -0.05) is 48.0 Å². The topological polar surface area (TPSA) is 78.5 Å². The molecule has 3 amide bonds. The van der Waals surface area contributed by atoms with Crippen LogP contribution in [0.4, 0.5) is 11.4 Å². The van der Waals surface area contributed by atoms with Gasteiger partial charge in [0.25, 0.3) is 17.7 Å². The van der Waals surface area contributed by atoms with Crippen LogP contribution in [0.1, 0.15) is 15.9 Å². The summed E-state index contributed by atoms with van der Waals surface area (Å²) in [7, 11) is 0.